The SMILES string of the molecule is CCC(=O)N1CCC[C@@H](n2c(=O)cc(C)c3cnc(Nc4ccn(-c5cccc(OC)c5)n4)nc32)C1. The highest BCUT2D eigenvalue weighted by atomic mass is 16.5. The minimum Gasteiger partial charge on any atom is -0.497 e. The highest BCUT2D eigenvalue weighted by molar-refractivity contribution is 5.79. The van der Waals surface area contributed by atoms with Crippen LogP contribution in [0.3, 0.4) is 0 Å². The van der Waals surface area contributed by atoms with Crippen LogP contribution in [0.25, 0.3) is 16.7 Å². The number of fused-ring (bicyclic) bond motifs is 1. The number of piperidine rings is 1. The van der Waals surface area contributed by atoms with E-state index >= 15 is 0 Å². The van der Waals surface area contributed by atoms with E-state index in [1.54, 1.807) is 28.6 Å². The van der Waals surface area contributed by atoms with Gasteiger partial charge in [-0.05, 0) is 37.5 Å². The zero-order chi connectivity index (χ0) is 25.2. The highest BCUT2D eigenvalue weighted by Gasteiger charge is 2.26. The Morgan fingerprint density at radius 2 is 2.11 bits per heavy atom. The number of pyridine rings is 1. The number of hydrogen-bond donors (Lipinski definition) is 1. The summed E-state index contributed by atoms with van der Waals surface area (Å²) in [6.07, 6.45) is 5.67. The number of rotatable bonds is 6. The van der Waals surface area contributed by atoms with E-state index in [2.05, 4.69) is 15.4 Å². The first-order valence-electron chi connectivity index (χ1n) is 12.1. The van der Waals surface area contributed by atoms with Gasteiger partial charge in [-0.15, -0.1) is 0 Å². The van der Waals surface area contributed by atoms with Crippen LogP contribution in [0.4, 0.5) is 11.8 Å². The Morgan fingerprint density at radius 1 is 1.25 bits per heavy atom. The van der Waals surface area contributed by atoms with Crippen molar-refractivity contribution in [1.29, 1.82) is 0 Å². The minimum atomic E-state index is -0.139. The van der Waals surface area contributed by atoms with E-state index in [-0.39, 0.29) is 17.5 Å². The third-order valence-corrected chi connectivity index (χ3v) is 6.56. The van der Waals surface area contributed by atoms with Gasteiger partial charge in [-0.1, -0.05) is 13.0 Å². The summed E-state index contributed by atoms with van der Waals surface area (Å²) in [5.74, 6) is 1.75. The Labute approximate surface area is 208 Å². The van der Waals surface area contributed by atoms with Gasteiger partial charge in [0.1, 0.15) is 11.4 Å². The molecule has 0 radical (unpaired) electrons. The number of hydrogen-bond acceptors (Lipinski definition) is 7. The van der Waals surface area contributed by atoms with Crippen LogP contribution in [0, 0.1) is 6.92 Å². The van der Waals surface area contributed by atoms with E-state index in [0.29, 0.717) is 30.4 Å². The molecular formula is C26H29N7O3. The molecule has 3 aromatic heterocycles. The first-order valence-corrected chi connectivity index (χ1v) is 12.1. The van der Waals surface area contributed by atoms with Crippen LogP contribution in [0.2, 0.25) is 0 Å². The predicted octanol–water partition coefficient (Wildman–Crippen LogP) is 3.61. The van der Waals surface area contributed by atoms with Crippen molar-refractivity contribution in [3.05, 3.63) is 64.7 Å². The monoisotopic (exact) mass is 487 g/mol. The van der Waals surface area contributed by atoms with Crippen molar-refractivity contribution in [2.45, 2.75) is 39.2 Å². The van der Waals surface area contributed by atoms with Gasteiger partial charge in [0, 0.05) is 55.5 Å². The van der Waals surface area contributed by atoms with Gasteiger partial charge in [0.25, 0.3) is 5.56 Å². The first-order chi connectivity index (χ1) is 17.5. The van der Waals surface area contributed by atoms with Gasteiger partial charge in [-0.3, -0.25) is 14.2 Å². The molecule has 4 heterocycles. The van der Waals surface area contributed by atoms with Crippen LogP contribution < -0.4 is 15.6 Å². The molecule has 5 rings (SSSR count). The molecule has 186 valence electrons. The van der Waals surface area contributed by atoms with Crippen molar-refractivity contribution in [2.24, 2.45) is 0 Å². The Balaban J connectivity index is 1.47. The molecule has 0 bridgehead atoms. The van der Waals surface area contributed by atoms with Crippen LogP contribution in [-0.4, -0.2) is 55.3 Å². The zero-order valence-electron chi connectivity index (χ0n) is 20.6. The third-order valence-electron chi connectivity index (χ3n) is 6.56. The number of ether oxygens (including phenoxy) is 1. The molecule has 4 aromatic rings. The molecular weight excluding hydrogens is 458 g/mol. The van der Waals surface area contributed by atoms with Crippen LogP contribution in [0.15, 0.2) is 53.6 Å². The fourth-order valence-electron chi connectivity index (χ4n) is 4.70. The summed E-state index contributed by atoms with van der Waals surface area (Å²) in [5.41, 5.74) is 2.11. The number of nitrogens with one attached hydrogen (secondary N) is 1. The smallest absolute Gasteiger partial charge is 0.252 e. The van der Waals surface area contributed by atoms with E-state index in [9.17, 15) is 9.59 Å². The van der Waals surface area contributed by atoms with Crippen molar-refractivity contribution in [1.82, 2.24) is 29.2 Å². The van der Waals surface area contributed by atoms with Gasteiger partial charge in [0.05, 0.1) is 18.8 Å². The molecule has 10 nitrogen and oxygen atoms in total. The first kappa shape index (κ1) is 23.5. The third kappa shape index (κ3) is 4.53. The van der Waals surface area contributed by atoms with E-state index < -0.39 is 0 Å². The molecule has 0 aliphatic carbocycles. The lowest BCUT2D eigenvalue weighted by molar-refractivity contribution is -0.132. The summed E-state index contributed by atoms with van der Waals surface area (Å²) < 4.78 is 8.75. The highest BCUT2D eigenvalue weighted by Crippen LogP contribution is 2.26. The molecule has 1 aliphatic heterocycles. The van der Waals surface area contributed by atoms with Gasteiger partial charge in [0.15, 0.2) is 5.82 Å². The summed E-state index contributed by atoms with van der Waals surface area (Å²) in [5, 5.41) is 8.54. The molecule has 1 fully saturated rings. The number of benzene rings is 1. The molecule has 1 aliphatic rings. The summed E-state index contributed by atoms with van der Waals surface area (Å²) in [6.45, 7) is 4.97. The molecule has 0 spiro atoms. The Bertz CT molecular complexity index is 1480. The number of nitrogens with zero attached hydrogens (tertiary/aromatic N) is 6. The Kier molecular flexibility index (Phi) is 6.41. The Morgan fingerprint density at radius 3 is 2.92 bits per heavy atom. The van der Waals surface area contributed by atoms with Crippen LogP contribution >= 0.6 is 0 Å². The molecule has 0 saturated carbocycles. The van der Waals surface area contributed by atoms with Gasteiger partial charge in [-0.25, -0.2) is 9.67 Å². The maximum Gasteiger partial charge on any atom is 0.252 e. The normalized spacial score (nSPS) is 15.8. The predicted molar refractivity (Wildman–Crippen MR) is 137 cm³/mol. The topological polar surface area (TPSA) is 107 Å². The number of aromatic nitrogens is 5. The summed E-state index contributed by atoms with van der Waals surface area (Å²) in [7, 11) is 1.63. The van der Waals surface area contributed by atoms with Gasteiger partial charge < -0.3 is 15.0 Å². The molecule has 1 atom stereocenters. The minimum absolute atomic E-state index is 0.104. The fourth-order valence-corrected chi connectivity index (χ4v) is 4.70. The average Bonchev–Trinajstić information content (AvgIpc) is 3.36. The summed E-state index contributed by atoms with van der Waals surface area (Å²) in [4.78, 5) is 36.5. The standard InChI is InChI=1S/C26H29N7O3/c1-4-23(34)31-11-6-8-19(16-31)33-24(35)13-17(2)21-15-27-26(29-25(21)33)28-22-10-12-32(30-22)18-7-5-9-20(14-18)36-3/h5,7,9-10,12-15,19H,4,6,8,11,16H2,1-3H3,(H,27,28,29,30)/t19-/m1/s1. The number of carbonyl (C=O) groups is 1. The molecule has 1 aromatic carbocycles. The molecule has 1 amide bonds. The van der Waals surface area contributed by atoms with E-state index in [0.717, 1.165) is 41.8 Å². The maximum atomic E-state index is 13.1. The largest absolute Gasteiger partial charge is 0.497 e. The summed E-state index contributed by atoms with van der Waals surface area (Å²) in [6, 6.07) is 10.9. The van der Waals surface area contributed by atoms with E-state index in [1.165, 1.54) is 0 Å². The second-order valence-corrected chi connectivity index (χ2v) is 8.93. The number of carbonyl (C=O) groups excluding carboxylic acids is 1. The maximum absolute atomic E-state index is 13.1. The number of aryl methyl sites for hydroxylation is 1. The molecule has 1 saturated heterocycles. The van der Waals surface area contributed by atoms with E-state index in [1.807, 2.05) is 55.3 Å². The summed E-state index contributed by atoms with van der Waals surface area (Å²) >= 11 is 0. The Hall–Kier alpha value is -4.21. The van der Waals surface area contributed by atoms with Gasteiger partial charge >= 0.3 is 0 Å². The van der Waals surface area contributed by atoms with Crippen molar-refractivity contribution >= 4 is 28.7 Å². The molecule has 1 N–H and O–H groups in total. The van der Waals surface area contributed by atoms with Gasteiger partial charge in [-0.2, -0.15) is 10.1 Å². The van der Waals surface area contributed by atoms with Crippen LogP contribution in [-0.2, 0) is 4.79 Å². The molecule has 0 unspecified atom stereocenters. The van der Waals surface area contributed by atoms with Gasteiger partial charge in [0.2, 0.25) is 11.9 Å². The fraction of sp³-hybridized carbons (Fsp3) is 0.346. The lowest BCUT2D eigenvalue weighted by Gasteiger charge is -2.34. The molecule has 36 heavy (non-hydrogen) atoms. The van der Waals surface area contributed by atoms with Crippen LogP contribution in [0.5, 0.6) is 5.75 Å². The van der Waals surface area contributed by atoms with E-state index in [4.69, 9.17) is 9.72 Å². The quantitative estimate of drug-likeness (QED) is 0.443. The zero-order valence-corrected chi connectivity index (χ0v) is 20.6. The second-order valence-electron chi connectivity index (χ2n) is 8.93. The van der Waals surface area contributed by atoms with Crippen LogP contribution in [0.1, 0.15) is 37.8 Å². The number of anilines is 2. The molecule has 10 heteroatoms. The van der Waals surface area contributed by atoms with Crippen molar-refractivity contribution in [2.75, 3.05) is 25.5 Å². The van der Waals surface area contributed by atoms with Crippen molar-refractivity contribution in [3.8, 4) is 11.4 Å². The van der Waals surface area contributed by atoms with Crippen molar-refractivity contribution < 1.29 is 9.53 Å². The number of amides is 1. The lowest BCUT2D eigenvalue weighted by Crippen LogP contribution is -2.42. The average molecular weight is 488 g/mol. The number of likely N-dealkylation sites (tertiary alicyclic amines) is 1. The lowest BCUT2D eigenvalue weighted by atomic mass is 10.0. The number of methoxy groups -OCH3 is 1. The second kappa shape index (κ2) is 9.80. The van der Waals surface area contributed by atoms with Crippen molar-refractivity contribution in [3.63, 3.8) is 0 Å².